The van der Waals surface area contributed by atoms with Gasteiger partial charge < -0.3 is 19.7 Å². The minimum Gasteiger partial charge on any atom is -0.383 e. The summed E-state index contributed by atoms with van der Waals surface area (Å²) < 4.78 is 10.2. The second-order valence-electron chi connectivity index (χ2n) is 5.79. The molecule has 1 unspecified atom stereocenters. The lowest BCUT2D eigenvalue weighted by atomic mass is 10.1. The number of rotatable bonds is 8. The van der Waals surface area contributed by atoms with E-state index in [1.54, 1.807) is 14.2 Å². The monoisotopic (exact) mass is 306 g/mol. The second kappa shape index (κ2) is 8.88. The van der Waals surface area contributed by atoms with Crippen molar-refractivity contribution in [3.05, 3.63) is 35.4 Å². The molecular formula is C17H26N2O3. The highest BCUT2D eigenvalue weighted by Crippen LogP contribution is 2.15. The van der Waals surface area contributed by atoms with Gasteiger partial charge in [0, 0.05) is 39.4 Å². The largest absolute Gasteiger partial charge is 0.383 e. The van der Waals surface area contributed by atoms with Gasteiger partial charge in [-0.3, -0.25) is 4.79 Å². The maximum absolute atomic E-state index is 12.1. The lowest BCUT2D eigenvalue weighted by Crippen LogP contribution is -2.31. The van der Waals surface area contributed by atoms with E-state index in [1.807, 2.05) is 24.3 Å². The van der Waals surface area contributed by atoms with Crippen LogP contribution in [0.15, 0.2) is 24.3 Å². The van der Waals surface area contributed by atoms with Crippen LogP contribution in [0.25, 0.3) is 0 Å². The number of likely N-dealkylation sites (tertiary alicyclic amines) is 1. The van der Waals surface area contributed by atoms with Crippen LogP contribution in [0.3, 0.4) is 0 Å². The maximum Gasteiger partial charge on any atom is 0.251 e. The Hall–Kier alpha value is -1.43. The third kappa shape index (κ3) is 5.09. The average molecular weight is 306 g/mol. The first-order valence-electron chi connectivity index (χ1n) is 7.80. The molecule has 1 fully saturated rings. The van der Waals surface area contributed by atoms with Crippen LogP contribution in [-0.4, -0.2) is 57.8 Å². The smallest absolute Gasteiger partial charge is 0.251 e. The zero-order chi connectivity index (χ0) is 15.8. The van der Waals surface area contributed by atoms with Crippen LogP contribution in [0, 0.1) is 5.92 Å². The first-order valence-corrected chi connectivity index (χ1v) is 7.80. The van der Waals surface area contributed by atoms with E-state index in [9.17, 15) is 4.79 Å². The summed E-state index contributed by atoms with van der Waals surface area (Å²) in [6, 6.07) is 7.56. The summed E-state index contributed by atoms with van der Waals surface area (Å²) in [6.45, 7) is 5.18. The number of nitrogens with one attached hydrogen (secondary N) is 1. The molecule has 22 heavy (non-hydrogen) atoms. The topological polar surface area (TPSA) is 50.8 Å². The minimum absolute atomic E-state index is 0.000640. The molecule has 1 aromatic rings. The second-order valence-corrected chi connectivity index (χ2v) is 5.79. The maximum atomic E-state index is 12.1. The molecule has 0 aromatic heterocycles. The molecule has 1 atom stereocenters. The molecule has 0 spiro atoms. The quantitative estimate of drug-likeness (QED) is 0.791. The van der Waals surface area contributed by atoms with Gasteiger partial charge >= 0.3 is 0 Å². The van der Waals surface area contributed by atoms with Crippen LogP contribution >= 0.6 is 0 Å². The number of carbonyl (C=O) groups excluding carboxylic acids is 1. The summed E-state index contributed by atoms with van der Waals surface area (Å²) >= 11 is 0. The minimum atomic E-state index is -0.000640. The molecule has 2 rings (SSSR count). The molecule has 1 heterocycles. The molecular weight excluding hydrogens is 280 g/mol. The Labute approximate surface area is 132 Å². The predicted molar refractivity (Wildman–Crippen MR) is 85.9 cm³/mol. The molecule has 0 aliphatic carbocycles. The van der Waals surface area contributed by atoms with E-state index in [1.165, 1.54) is 0 Å². The van der Waals surface area contributed by atoms with Gasteiger partial charge in [0.05, 0.1) is 13.2 Å². The van der Waals surface area contributed by atoms with Crippen molar-refractivity contribution in [1.29, 1.82) is 0 Å². The number of amides is 1. The molecule has 5 nitrogen and oxygen atoms in total. The highest BCUT2D eigenvalue weighted by molar-refractivity contribution is 5.94. The first kappa shape index (κ1) is 16.9. The van der Waals surface area contributed by atoms with Crippen LogP contribution in [0.5, 0.6) is 0 Å². The van der Waals surface area contributed by atoms with E-state index < -0.39 is 0 Å². The zero-order valence-electron chi connectivity index (χ0n) is 13.5. The fourth-order valence-corrected chi connectivity index (χ4v) is 2.76. The highest BCUT2D eigenvalue weighted by Gasteiger charge is 2.22. The predicted octanol–water partition coefficient (Wildman–Crippen LogP) is 1.53. The summed E-state index contributed by atoms with van der Waals surface area (Å²) in [5.41, 5.74) is 1.78. The van der Waals surface area contributed by atoms with Gasteiger partial charge in [0.25, 0.3) is 5.91 Å². The van der Waals surface area contributed by atoms with Gasteiger partial charge in [-0.25, -0.2) is 0 Å². The fraction of sp³-hybridized carbons (Fsp3) is 0.588. The van der Waals surface area contributed by atoms with Crippen molar-refractivity contribution in [1.82, 2.24) is 10.2 Å². The van der Waals surface area contributed by atoms with Crippen molar-refractivity contribution in [2.24, 2.45) is 5.92 Å². The molecule has 1 aliphatic rings. The number of benzene rings is 1. The molecule has 1 saturated heterocycles. The Kier molecular flexibility index (Phi) is 6.83. The van der Waals surface area contributed by atoms with Crippen LogP contribution < -0.4 is 5.32 Å². The van der Waals surface area contributed by atoms with Gasteiger partial charge in [0.1, 0.15) is 0 Å². The summed E-state index contributed by atoms with van der Waals surface area (Å²) in [5.74, 6) is 0.535. The number of methoxy groups -OCH3 is 2. The third-order valence-corrected chi connectivity index (χ3v) is 4.06. The lowest BCUT2D eigenvalue weighted by molar-refractivity contribution is 0.0946. The highest BCUT2D eigenvalue weighted by atomic mass is 16.5. The molecule has 1 amide bonds. The Balaban J connectivity index is 1.73. The number of hydrogen-bond acceptors (Lipinski definition) is 4. The standard InChI is InChI=1S/C17H26N2O3/c1-21-10-9-19-8-7-15(12-19)11-18-17(20)16-5-3-14(4-6-16)13-22-2/h3-6,15H,7-13H2,1-2H3,(H,18,20). The molecule has 1 aliphatic heterocycles. The van der Waals surface area contributed by atoms with Crippen LogP contribution in [0.2, 0.25) is 0 Å². The fourth-order valence-electron chi connectivity index (χ4n) is 2.76. The number of hydrogen-bond donors (Lipinski definition) is 1. The number of carbonyl (C=O) groups is 1. The Morgan fingerprint density at radius 3 is 2.73 bits per heavy atom. The van der Waals surface area contributed by atoms with Crippen molar-refractivity contribution in [2.45, 2.75) is 13.0 Å². The van der Waals surface area contributed by atoms with Crippen LogP contribution in [-0.2, 0) is 16.1 Å². The normalized spacial score (nSPS) is 18.5. The first-order chi connectivity index (χ1) is 10.7. The van der Waals surface area contributed by atoms with Crippen molar-refractivity contribution in [3.63, 3.8) is 0 Å². The van der Waals surface area contributed by atoms with Gasteiger partial charge in [0.15, 0.2) is 0 Å². The Morgan fingerprint density at radius 1 is 1.27 bits per heavy atom. The Bertz CT molecular complexity index is 461. The van der Waals surface area contributed by atoms with E-state index in [0.29, 0.717) is 18.1 Å². The summed E-state index contributed by atoms with van der Waals surface area (Å²) in [5, 5.41) is 3.04. The molecule has 0 bridgehead atoms. The van der Waals surface area contributed by atoms with Gasteiger partial charge in [-0.15, -0.1) is 0 Å². The number of nitrogens with zero attached hydrogens (tertiary/aromatic N) is 1. The van der Waals surface area contributed by atoms with E-state index >= 15 is 0 Å². The average Bonchev–Trinajstić information content (AvgIpc) is 2.99. The van der Waals surface area contributed by atoms with E-state index in [2.05, 4.69) is 10.2 Å². The van der Waals surface area contributed by atoms with E-state index in [0.717, 1.165) is 44.8 Å². The molecule has 5 heteroatoms. The van der Waals surface area contributed by atoms with E-state index in [-0.39, 0.29) is 5.91 Å². The van der Waals surface area contributed by atoms with Crippen molar-refractivity contribution < 1.29 is 14.3 Å². The van der Waals surface area contributed by atoms with Gasteiger partial charge in [0.2, 0.25) is 0 Å². The molecule has 122 valence electrons. The summed E-state index contributed by atoms with van der Waals surface area (Å²) in [7, 11) is 3.39. The molecule has 0 radical (unpaired) electrons. The number of ether oxygens (including phenoxy) is 2. The SMILES string of the molecule is COCCN1CCC(CNC(=O)c2ccc(COC)cc2)C1. The van der Waals surface area contributed by atoms with Crippen molar-refractivity contribution in [2.75, 3.05) is 47.0 Å². The van der Waals surface area contributed by atoms with Gasteiger partial charge in [-0.05, 0) is 36.6 Å². The Morgan fingerprint density at radius 2 is 2.05 bits per heavy atom. The lowest BCUT2D eigenvalue weighted by Gasteiger charge is -2.15. The molecule has 1 N–H and O–H groups in total. The van der Waals surface area contributed by atoms with E-state index in [4.69, 9.17) is 9.47 Å². The van der Waals surface area contributed by atoms with Crippen molar-refractivity contribution in [3.8, 4) is 0 Å². The van der Waals surface area contributed by atoms with Gasteiger partial charge in [-0.2, -0.15) is 0 Å². The zero-order valence-corrected chi connectivity index (χ0v) is 13.5. The third-order valence-electron chi connectivity index (χ3n) is 4.06. The van der Waals surface area contributed by atoms with Crippen molar-refractivity contribution >= 4 is 5.91 Å². The van der Waals surface area contributed by atoms with Crippen LogP contribution in [0.4, 0.5) is 0 Å². The molecule has 1 aromatic carbocycles. The summed E-state index contributed by atoms with van der Waals surface area (Å²) in [4.78, 5) is 14.5. The van der Waals surface area contributed by atoms with Gasteiger partial charge in [-0.1, -0.05) is 12.1 Å². The molecule has 0 saturated carbocycles. The summed E-state index contributed by atoms with van der Waals surface area (Å²) in [6.07, 6.45) is 1.14. The van der Waals surface area contributed by atoms with Crippen LogP contribution in [0.1, 0.15) is 22.3 Å².